The zero-order valence-electron chi connectivity index (χ0n) is 5.02. The van der Waals surface area contributed by atoms with E-state index in [1.165, 1.54) is 0 Å². The van der Waals surface area contributed by atoms with Crippen LogP contribution in [0.4, 0.5) is 0 Å². The number of hydrogen-bond donors (Lipinski definition) is 1. The van der Waals surface area contributed by atoms with Crippen molar-refractivity contribution in [1.29, 1.82) is 0 Å². The number of aromatic nitrogens is 2. The quantitative estimate of drug-likeness (QED) is 0.692. The van der Waals surface area contributed by atoms with E-state index in [2.05, 4.69) is 15.5 Å². The van der Waals surface area contributed by atoms with Crippen molar-refractivity contribution in [2.24, 2.45) is 0 Å². The summed E-state index contributed by atoms with van der Waals surface area (Å²) in [6.07, 6.45) is 1.93. The SMILES string of the molecule is C1=CSC(c2nncs2)N1. The third-order valence-electron chi connectivity index (χ3n) is 1.13. The highest BCUT2D eigenvalue weighted by Gasteiger charge is 2.14. The molecule has 1 aliphatic rings. The predicted molar refractivity (Wildman–Crippen MR) is 42.5 cm³/mol. The summed E-state index contributed by atoms with van der Waals surface area (Å²) in [5.41, 5.74) is 1.75. The molecule has 0 amide bonds. The Morgan fingerprint density at radius 1 is 1.60 bits per heavy atom. The van der Waals surface area contributed by atoms with E-state index >= 15 is 0 Å². The van der Waals surface area contributed by atoms with Crippen molar-refractivity contribution < 1.29 is 0 Å². The molecule has 0 spiro atoms. The van der Waals surface area contributed by atoms with E-state index < -0.39 is 0 Å². The summed E-state index contributed by atoms with van der Waals surface area (Å²) in [5, 5.41) is 14.2. The minimum atomic E-state index is 0.299. The number of rotatable bonds is 1. The van der Waals surface area contributed by atoms with Gasteiger partial charge in [0.1, 0.15) is 15.9 Å². The van der Waals surface area contributed by atoms with Crippen molar-refractivity contribution in [3.05, 3.63) is 22.1 Å². The molecule has 0 aromatic carbocycles. The first-order valence-electron chi connectivity index (χ1n) is 2.79. The van der Waals surface area contributed by atoms with Gasteiger partial charge in [0.05, 0.1) is 0 Å². The number of thioether (sulfide) groups is 1. The van der Waals surface area contributed by atoms with Gasteiger partial charge in [-0.2, -0.15) is 0 Å². The summed E-state index contributed by atoms with van der Waals surface area (Å²) in [6, 6.07) is 0. The maximum atomic E-state index is 3.94. The van der Waals surface area contributed by atoms with E-state index in [1.54, 1.807) is 28.6 Å². The topological polar surface area (TPSA) is 37.8 Å². The summed E-state index contributed by atoms with van der Waals surface area (Å²) in [7, 11) is 0. The van der Waals surface area contributed by atoms with Crippen LogP contribution in [0.2, 0.25) is 0 Å². The molecule has 1 atom stereocenters. The Balaban J connectivity index is 2.14. The summed E-state index contributed by atoms with van der Waals surface area (Å²) >= 11 is 3.29. The molecule has 5 heteroatoms. The van der Waals surface area contributed by atoms with Gasteiger partial charge in [-0.1, -0.05) is 0 Å². The van der Waals surface area contributed by atoms with Crippen LogP contribution in [0.5, 0.6) is 0 Å². The first-order chi connectivity index (χ1) is 4.97. The van der Waals surface area contributed by atoms with E-state index in [0.29, 0.717) is 5.37 Å². The number of nitrogens with one attached hydrogen (secondary N) is 1. The van der Waals surface area contributed by atoms with Crippen LogP contribution >= 0.6 is 23.1 Å². The smallest absolute Gasteiger partial charge is 0.150 e. The molecule has 1 unspecified atom stereocenters. The summed E-state index contributed by atoms with van der Waals surface area (Å²) in [5.74, 6) is 0. The van der Waals surface area contributed by atoms with Gasteiger partial charge >= 0.3 is 0 Å². The third-order valence-corrected chi connectivity index (χ3v) is 2.96. The second kappa shape index (κ2) is 2.59. The van der Waals surface area contributed by atoms with Crippen LogP contribution in [0.1, 0.15) is 10.4 Å². The Hall–Kier alpha value is -0.550. The highest BCUT2D eigenvalue weighted by atomic mass is 32.2. The normalized spacial score (nSPS) is 23.0. The molecular formula is C5H5N3S2. The lowest BCUT2D eigenvalue weighted by Crippen LogP contribution is -2.06. The van der Waals surface area contributed by atoms with Crippen LogP contribution in [0.15, 0.2) is 17.1 Å². The Morgan fingerprint density at radius 2 is 2.60 bits per heavy atom. The second-order valence-corrected chi connectivity index (χ2v) is 3.64. The van der Waals surface area contributed by atoms with Gasteiger partial charge in [-0.3, -0.25) is 0 Å². The summed E-state index contributed by atoms with van der Waals surface area (Å²) in [4.78, 5) is 0. The molecule has 52 valence electrons. The lowest BCUT2D eigenvalue weighted by atomic mass is 10.7. The number of nitrogens with zero attached hydrogens (tertiary/aromatic N) is 2. The molecule has 3 nitrogen and oxygen atoms in total. The van der Waals surface area contributed by atoms with E-state index in [4.69, 9.17) is 0 Å². The molecule has 0 radical (unpaired) electrons. The fourth-order valence-electron chi connectivity index (χ4n) is 0.709. The van der Waals surface area contributed by atoms with Crippen molar-refractivity contribution in [3.8, 4) is 0 Å². The summed E-state index contributed by atoms with van der Waals surface area (Å²) in [6.45, 7) is 0. The number of hydrogen-bond acceptors (Lipinski definition) is 5. The van der Waals surface area contributed by atoms with Gasteiger partial charge in [-0.05, 0) is 5.41 Å². The molecule has 0 saturated heterocycles. The van der Waals surface area contributed by atoms with Gasteiger partial charge < -0.3 is 5.32 Å². The predicted octanol–water partition coefficient (Wildman–Crippen LogP) is 1.34. The van der Waals surface area contributed by atoms with Gasteiger partial charge in [-0.15, -0.1) is 33.3 Å². The molecule has 2 heterocycles. The van der Waals surface area contributed by atoms with Crippen LogP contribution in [-0.4, -0.2) is 10.2 Å². The standard InChI is InChI=1S/C5H5N3S2/c1-2-9-4(6-1)5-8-7-3-10-5/h1-4,6H. The molecular weight excluding hydrogens is 166 g/mol. The minimum Gasteiger partial charge on any atom is -0.373 e. The minimum absolute atomic E-state index is 0.299. The van der Waals surface area contributed by atoms with Gasteiger partial charge in [0.25, 0.3) is 0 Å². The highest BCUT2D eigenvalue weighted by molar-refractivity contribution is 8.02. The van der Waals surface area contributed by atoms with Crippen LogP contribution in [0.25, 0.3) is 0 Å². The Labute approximate surface area is 66.6 Å². The van der Waals surface area contributed by atoms with Crippen molar-refractivity contribution in [3.63, 3.8) is 0 Å². The fraction of sp³-hybridized carbons (Fsp3) is 0.200. The lowest BCUT2D eigenvalue weighted by Gasteiger charge is -2.02. The molecule has 10 heavy (non-hydrogen) atoms. The molecule has 1 N–H and O–H groups in total. The van der Waals surface area contributed by atoms with Gasteiger partial charge in [0.2, 0.25) is 0 Å². The fourth-order valence-corrected chi connectivity index (χ4v) is 2.17. The van der Waals surface area contributed by atoms with Gasteiger partial charge in [0.15, 0.2) is 0 Å². The first-order valence-corrected chi connectivity index (χ1v) is 4.61. The zero-order chi connectivity index (χ0) is 6.81. The summed E-state index contributed by atoms with van der Waals surface area (Å²) < 4.78 is 0. The Morgan fingerprint density at radius 3 is 3.20 bits per heavy atom. The van der Waals surface area contributed by atoms with Crippen LogP contribution in [0.3, 0.4) is 0 Å². The molecule has 0 aliphatic carbocycles. The van der Waals surface area contributed by atoms with E-state index in [-0.39, 0.29) is 0 Å². The molecule has 0 saturated carbocycles. The molecule has 0 bridgehead atoms. The van der Waals surface area contributed by atoms with E-state index in [0.717, 1.165) is 5.01 Å². The average molecular weight is 171 g/mol. The second-order valence-electron chi connectivity index (χ2n) is 1.76. The Bertz CT molecular complexity index is 223. The molecule has 0 fully saturated rings. The monoisotopic (exact) mass is 171 g/mol. The molecule has 1 aromatic rings. The maximum absolute atomic E-state index is 3.94. The average Bonchev–Trinajstić information content (AvgIpc) is 2.59. The maximum Gasteiger partial charge on any atom is 0.150 e. The van der Waals surface area contributed by atoms with Crippen molar-refractivity contribution >= 4 is 23.1 Å². The molecule has 1 aromatic heterocycles. The molecule has 1 aliphatic heterocycles. The van der Waals surface area contributed by atoms with Crippen LogP contribution in [-0.2, 0) is 0 Å². The van der Waals surface area contributed by atoms with Crippen molar-refractivity contribution in [2.45, 2.75) is 5.37 Å². The molecule has 2 rings (SSSR count). The Kier molecular flexibility index (Phi) is 1.60. The van der Waals surface area contributed by atoms with Gasteiger partial charge in [0, 0.05) is 6.20 Å². The van der Waals surface area contributed by atoms with Gasteiger partial charge in [-0.25, -0.2) is 0 Å². The van der Waals surface area contributed by atoms with Crippen molar-refractivity contribution in [1.82, 2.24) is 15.5 Å². The highest BCUT2D eigenvalue weighted by Crippen LogP contribution is 2.30. The van der Waals surface area contributed by atoms with E-state index in [9.17, 15) is 0 Å². The first kappa shape index (κ1) is 6.18. The largest absolute Gasteiger partial charge is 0.373 e. The van der Waals surface area contributed by atoms with Crippen LogP contribution in [0, 0.1) is 0 Å². The van der Waals surface area contributed by atoms with E-state index in [1.807, 2.05) is 11.6 Å². The van der Waals surface area contributed by atoms with Crippen LogP contribution < -0.4 is 5.32 Å². The van der Waals surface area contributed by atoms with Crippen molar-refractivity contribution in [2.75, 3.05) is 0 Å². The third kappa shape index (κ3) is 1.02. The lowest BCUT2D eigenvalue weighted by molar-refractivity contribution is 0.829. The zero-order valence-corrected chi connectivity index (χ0v) is 6.65.